The molecule has 0 aliphatic rings. The van der Waals surface area contributed by atoms with Crippen LogP contribution < -0.4 is 4.90 Å². The third-order valence-electron chi connectivity index (χ3n) is 4.38. The number of furan rings is 1. The molecule has 0 radical (unpaired) electrons. The lowest BCUT2D eigenvalue weighted by molar-refractivity contribution is 0.0983. The van der Waals surface area contributed by atoms with Gasteiger partial charge in [0, 0.05) is 0 Å². The number of rotatable bonds is 4. The number of nitrogens with zero attached hydrogens (tertiary/aromatic N) is 3. The second-order valence-electron chi connectivity index (χ2n) is 6.43. The highest BCUT2D eigenvalue weighted by molar-refractivity contribution is 7.22. The highest BCUT2D eigenvalue weighted by atomic mass is 32.1. The Bertz CT molecular complexity index is 1250. The van der Waals surface area contributed by atoms with Crippen LogP contribution in [0.25, 0.3) is 20.4 Å². The Hall–Kier alpha value is -3.03. The van der Waals surface area contributed by atoms with Gasteiger partial charge >= 0.3 is 0 Å². The molecule has 3 heterocycles. The van der Waals surface area contributed by atoms with Crippen LogP contribution in [0.2, 0.25) is 0 Å². The van der Waals surface area contributed by atoms with E-state index in [0.29, 0.717) is 22.4 Å². The van der Waals surface area contributed by atoms with Gasteiger partial charge < -0.3 is 4.42 Å². The fourth-order valence-electron chi connectivity index (χ4n) is 3.00. The zero-order chi connectivity index (χ0) is 19.1. The molecule has 0 spiro atoms. The maximum atomic E-state index is 13.4. The molecule has 0 fully saturated rings. The summed E-state index contributed by atoms with van der Waals surface area (Å²) in [4.78, 5) is 24.3. The van der Waals surface area contributed by atoms with Gasteiger partial charge in [0.05, 0.1) is 33.2 Å². The minimum atomic E-state index is -0.173. The number of aryl methyl sites for hydroxylation is 1. The first kappa shape index (κ1) is 17.1. The molecule has 5 nitrogen and oxygen atoms in total. The summed E-state index contributed by atoms with van der Waals surface area (Å²) in [5.74, 6) is 0.526. The summed E-state index contributed by atoms with van der Waals surface area (Å²) in [5, 5.41) is 1.09. The molecule has 28 heavy (non-hydrogen) atoms. The number of benzene rings is 2. The molecular weight excluding hydrogens is 390 g/mol. The molecule has 5 rings (SSSR count). The standard InChI is InChI=1S/C21H15N3O2S2/c1-13-8-9-16-18(11-13)28-21(23-16)24(12-14-5-4-10-26-14)20(25)19-22-15-6-2-3-7-17(15)27-19/h2-11H,12H2,1H3. The molecule has 0 bridgehead atoms. The van der Waals surface area contributed by atoms with Gasteiger partial charge in [-0.2, -0.15) is 0 Å². The summed E-state index contributed by atoms with van der Waals surface area (Å²) < 4.78 is 7.53. The van der Waals surface area contributed by atoms with E-state index in [1.807, 2.05) is 55.5 Å². The zero-order valence-electron chi connectivity index (χ0n) is 15.0. The van der Waals surface area contributed by atoms with E-state index in [1.165, 1.54) is 22.7 Å². The molecule has 0 atom stereocenters. The van der Waals surface area contributed by atoms with E-state index < -0.39 is 0 Å². The largest absolute Gasteiger partial charge is 0.467 e. The fourth-order valence-corrected chi connectivity index (χ4v) is 4.98. The van der Waals surface area contributed by atoms with Crippen LogP contribution >= 0.6 is 22.7 Å². The molecule has 0 saturated heterocycles. The van der Waals surface area contributed by atoms with E-state index in [1.54, 1.807) is 11.2 Å². The SMILES string of the molecule is Cc1ccc2nc(N(Cc3ccco3)C(=O)c3nc4ccccc4s3)sc2c1. The number of hydrogen-bond donors (Lipinski definition) is 0. The molecular formula is C21H15N3O2S2. The Morgan fingerprint density at radius 3 is 2.68 bits per heavy atom. The lowest BCUT2D eigenvalue weighted by Crippen LogP contribution is -2.30. The quantitative estimate of drug-likeness (QED) is 0.387. The van der Waals surface area contributed by atoms with Crippen molar-refractivity contribution in [3.8, 4) is 0 Å². The number of hydrogen-bond acceptors (Lipinski definition) is 6. The van der Waals surface area contributed by atoms with E-state index in [4.69, 9.17) is 9.40 Å². The van der Waals surface area contributed by atoms with Crippen LogP contribution in [0.4, 0.5) is 5.13 Å². The third kappa shape index (κ3) is 3.08. The number of amides is 1. The van der Waals surface area contributed by atoms with Crippen LogP contribution in [-0.2, 0) is 6.54 Å². The highest BCUT2D eigenvalue weighted by Crippen LogP contribution is 2.32. The smallest absolute Gasteiger partial charge is 0.289 e. The van der Waals surface area contributed by atoms with Gasteiger partial charge in [-0.25, -0.2) is 9.97 Å². The van der Waals surface area contributed by atoms with Crippen molar-refractivity contribution in [2.75, 3.05) is 4.90 Å². The van der Waals surface area contributed by atoms with Gasteiger partial charge in [-0.05, 0) is 48.9 Å². The molecule has 0 aliphatic heterocycles. The maximum absolute atomic E-state index is 13.4. The topological polar surface area (TPSA) is 59.2 Å². The van der Waals surface area contributed by atoms with Gasteiger partial charge in [-0.3, -0.25) is 9.69 Å². The van der Waals surface area contributed by atoms with Crippen LogP contribution in [0.15, 0.2) is 65.3 Å². The summed E-state index contributed by atoms with van der Waals surface area (Å²) in [5.41, 5.74) is 2.87. The van der Waals surface area contributed by atoms with Gasteiger partial charge in [0.2, 0.25) is 0 Å². The van der Waals surface area contributed by atoms with E-state index >= 15 is 0 Å². The van der Waals surface area contributed by atoms with Crippen molar-refractivity contribution in [2.24, 2.45) is 0 Å². The number of aromatic nitrogens is 2. The summed E-state index contributed by atoms with van der Waals surface area (Å²) in [7, 11) is 0. The van der Waals surface area contributed by atoms with Crippen molar-refractivity contribution in [1.29, 1.82) is 0 Å². The van der Waals surface area contributed by atoms with Crippen molar-refractivity contribution in [3.05, 3.63) is 77.2 Å². The van der Waals surface area contributed by atoms with Crippen molar-refractivity contribution < 1.29 is 9.21 Å². The van der Waals surface area contributed by atoms with Crippen molar-refractivity contribution in [1.82, 2.24) is 9.97 Å². The Morgan fingerprint density at radius 2 is 1.86 bits per heavy atom. The van der Waals surface area contributed by atoms with Crippen molar-refractivity contribution in [3.63, 3.8) is 0 Å². The first-order chi connectivity index (χ1) is 13.7. The molecule has 0 unspecified atom stereocenters. The highest BCUT2D eigenvalue weighted by Gasteiger charge is 2.25. The number of carbonyl (C=O) groups is 1. The second kappa shape index (κ2) is 6.85. The zero-order valence-corrected chi connectivity index (χ0v) is 16.6. The Labute approximate surface area is 168 Å². The molecule has 0 N–H and O–H groups in total. The van der Waals surface area contributed by atoms with E-state index in [0.717, 1.165) is 26.0 Å². The number of fused-ring (bicyclic) bond motifs is 2. The Kier molecular flexibility index (Phi) is 4.18. The Morgan fingerprint density at radius 1 is 1.00 bits per heavy atom. The summed E-state index contributed by atoms with van der Waals surface area (Å²) in [6.07, 6.45) is 1.61. The van der Waals surface area contributed by atoms with Crippen molar-refractivity contribution >= 4 is 54.1 Å². The number of thiazole rings is 2. The van der Waals surface area contributed by atoms with Gasteiger partial charge in [-0.15, -0.1) is 11.3 Å². The molecule has 3 aromatic heterocycles. The average Bonchev–Trinajstić information content (AvgIpc) is 3.43. The van der Waals surface area contributed by atoms with E-state index in [-0.39, 0.29) is 5.91 Å². The molecule has 5 aromatic rings. The monoisotopic (exact) mass is 405 g/mol. The molecule has 0 aliphatic carbocycles. The Balaban J connectivity index is 1.59. The predicted molar refractivity (Wildman–Crippen MR) is 113 cm³/mol. The maximum Gasteiger partial charge on any atom is 0.289 e. The summed E-state index contributed by atoms with van der Waals surface area (Å²) >= 11 is 2.89. The summed E-state index contributed by atoms with van der Waals surface area (Å²) in [6.45, 7) is 2.35. The van der Waals surface area contributed by atoms with Crippen LogP contribution in [0.5, 0.6) is 0 Å². The molecule has 0 saturated carbocycles. The lowest BCUT2D eigenvalue weighted by Gasteiger charge is -2.17. The molecule has 2 aromatic carbocycles. The lowest BCUT2D eigenvalue weighted by atomic mass is 10.2. The number of anilines is 1. The molecule has 7 heteroatoms. The first-order valence-corrected chi connectivity index (χ1v) is 10.4. The van der Waals surface area contributed by atoms with Gasteiger partial charge in [-0.1, -0.05) is 29.5 Å². The van der Waals surface area contributed by atoms with E-state index in [2.05, 4.69) is 11.1 Å². The van der Waals surface area contributed by atoms with Crippen LogP contribution in [0, 0.1) is 6.92 Å². The third-order valence-corrected chi connectivity index (χ3v) is 6.45. The minimum Gasteiger partial charge on any atom is -0.467 e. The van der Waals surface area contributed by atoms with Crippen LogP contribution in [0.1, 0.15) is 21.1 Å². The fraction of sp³-hybridized carbons (Fsp3) is 0.0952. The second-order valence-corrected chi connectivity index (χ2v) is 8.46. The number of para-hydroxylation sites is 1. The molecule has 138 valence electrons. The normalized spacial score (nSPS) is 11.3. The van der Waals surface area contributed by atoms with Crippen LogP contribution in [-0.4, -0.2) is 15.9 Å². The summed E-state index contributed by atoms with van der Waals surface area (Å²) in [6, 6.07) is 17.5. The first-order valence-electron chi connectivity index (χ1n) is 8.74. The van der Waals surface area contributed by atoms with Crippen LogP contribution in [0.3, 0.4) is 0 Å². The predicted octanol–water partition coefficient (Wildman–Crippen LogP) is 5.65. The molecule has 1 amide bonds. The van der Waals surface area contributed by atoms with E-state index in [9.17, 15) is 4.79 Å². The minimum absolute atomic E-state index is 0.173. The van der Waals surface area contributed by atoms with Gasteiger partial charge in [0.1, 0.15) is 5.76 Å². The number of carbonyl (C=O) groups excluding carboxylic acids is 1. The average molecular weight is 406 g/mol. The van der Waals surface area contributed by atoms with Gasteiger partial charge in [0.25, 0.3) is 5.91 Å². The van der Waals surface area contributed by atoms with Crippen molar-refractivity contribution in [2.45, 2.75) is 13.5 Å². The van der Waals surface area contributed by atoms with Gasteiger partial charge in [0.15, 0.2) is 10.1 Å².